The van der Waals surface area contributed by atoms with E-state index in [0.717, 1.165) is 11.1 Å². The quantitative estimate of drug-likeness (QED) is 0.670. The molecule has 28 heavy (non-hydrogen) atoms. The van der Waals surface area contributed by atoms with Crippen LogP contribution in [0.2, 0.25) is 0 Å². The van der Waals surface area contributed by atoms with Crippen molar-refractivity contribution in [1.29, 1.82) is 0 Å². The van der Waals surface area contributed by atoms with Crippen LogP contribution in [0.1, 0.15) is 18.1 Å². The highest BCUT2D eigenvalue weighted by Gasteiger charge is 2.52. The molecule has 0 bridgehead atoms. The van der Waals surface area contributed by atoms with Crippen molar-refractivity contribution in [1.82, 2.24) is 10.2 Å². The number of carboxylic acid groups (broad SMARTS) is 1. The number of aliphatic carboxylic acids is 1. The molecule has 0 aromatic heterocycles. The van der Waals surface area contributed by atoms with Crippen molar-refractivity contribution in [3.05, 3.63) is 35.4 Å². The van der Waals surface area contributed by atoms with Gasteiger partial charge in [0.15, 0.2) is 0 Å². The van der Waals surface area contributed by atoms with E-state index in [-0.39, 0.29) is 32.0 Å². The maximum atomic E-state index is 13.0. The number of carbonyl (C=O) groups is 2. The molecular formula is C18H24ClF3N2O4. The molecule has 2 rings (SSSR count). The van der Waals surface area contributed by atoms with Crippen molar-refractivity contribution in [3.8, 4) is 0 Å². The zero-order valence-electron chi connectivity index (χ0n) is 15.4. The summed E-state index contributed by atoms with van der Waals surface area (Å²) in [5.41, 5.74) is 1.85. The summed E-state index contributed by atoms with van der Waals surface area (Å²) >= 11 is 0. The predicted molar refractivity (Wildman–Crippen MR) is 98.0 cm³/mol. The molecular weight excluding hydrogens is 401 g/mol. The topological polar surface area (TPSA) is 78.9 Å². The standard InChI is InChI=1S/C18H23F3N2O4.ClH/c1-2-27-11-13-5-3-12(4-6-13)7-22-16(24)10-23-8-14(17(25)26)15(9-23)18(19,20)21;/h3-6,14-15H,2,7-11H2,1H3,(H,22,24)(H,25,26);1H/t14-,15-;/m1./s1. The highest BCUT2D eigenvalue weighted by atomic mass is 35.5. The van der Waals surface area contributed by atoms with Gasteiger partial charge in [0.25, 0.3) is 0 Å². The third-order valence-corrected chi connectivity index (χ3v) is 4.49. The number of alkyl halides is 3. The van der Waals surface area contributed by atoms with Crippen LogP contribution in [0.15, 0.2) is 24.3 Å². The summed E-state index contributed by atoms with van der Waals surface area (Å²) in [4.78, 5) is 24.3. The molecule has 1 fully saturated rings. The summed E-state index contributed by atoms with van der Waals surface area (Å²) in [5, 5.41) is 11.6. The molecule has 0 aliphatic carbocycles. The first-order chi connectivity index (χ1) is 12.7. The number of nitrogens with one attached hydrogen (secondary N) is 1. The number of hydrogen-bond donors (Lipinski definition) is 2. The molecule has 0 radical (unpaired) electrons. The van der Waals surface area contributed by atoms with Crippen LogP contribution in [0, 0.1) is 11.8 Å². The lowest BCUT2D eigenvalue weighted by Crippen LogP contribution is -2.36. The molecule has 2 N–H and O–H groups in total. The monoisotopic (exact) mass is 424 g/mol. The highest BCUT2D eigenvalue weighted by Crippen LogP contribution is 2.37. The van der Waals surface area contributed by atoms with Crippen LogP contribution in [-0.2, 0) is 27.5 Å². The SMILES string of the molecule is CCOCc1ccc(CNC(=O)CN2C[C@@H](C(F)(F)F)[C@H](C(=O)O)C2)cc1.Cl. The molecule has 1 amide bonds. The smallest absolute Gasteiger partial charge is 0.393 e. The fourth-order valence-electron chi connectivity index (χ4n) is 3.03. The predicted octanol–water partition coefficient (Wildman–Crippen LogP) is 2.46. The van der Waals surface area contributed by atoms with Crippen molar-refractivity contribution >= 4 is 24.3 Å². The first-order valence-corrected chi connectivity index (χ1v) is 8.64. The minimum atomic E-state index is -4.60. The van der Waals surface area contributed by atoms with Crippen LogP contribution in [0.4, 0.5) is 13.2 Å². The van der Waals surface area contributed by atoms with E-state index >= 15 is 0 Å². The lowest BCUT2D eigenvalue weighted by Gasteiger charge is -2.18. The van der Waals surface area contributed by atoms with E-state index in [1.807, 2.05) is 31.2 Å². The molecule has 6 nitrogen and oxygen atoms in total. The maximum absolute atomic E-state index is 13.0. The van der Waals surface area contributed by atoms with Gasteiger partial charge in [-0.25, -0.2) is 0 Å². The largest absolute Gasteiger partial charge is 0.481 e. The highest BCUT2D eigenvalue weighted by molar-refractivity contribution is 5.85. The molecule has 1 aromatic carbocycles. The number of hydrogen-bond acceptors (Lipinski definition) is 4. The van der Waals surface area contributed by atoms with Crippen molar-refractivity contribution in [3.63, 3.8) is 0 Å². The molecule has 0 saturated carbocycles. The Balaban J connectivity index is 0.00000392. The number of carbonyl (C=O) groups excluding carboxylic acids is 1. The Morgan fingerprint density at radius 3 is 2.32 bits per heavy atom. The average molecular weight is 425 g/mol. The number of ether oxygens (including phenoxy) is 1. The second kappa shape index (κ2) is 10.6. The zero-order chi connectivity index (χ0) is 20.0. The molecule has 1 heterocycles. The van der Waals surface area contributed by atoms with E-state index in [1.54, 1.807) is 0 Å². The van der Waals surface area contributed by atoms with Gasteiger partial charge in [-0.05, 0) is 18.1 Å². The normalized spacial score (nSPS) is 19.9. The molecule has 1 aliphatic heterocycles. The van der Waals surface area contributed by atoms with E-state index in [9.17, 15) is 22.8 Å². The summed E-state index contributed by atoms with van der Waals surface area (Å²) < 4.78 is 44.2. The van der Waals surface area contributed by atoms with E-state index in [1.165, 1.54) is 4.90 Å². The summed E-state index contributed by atoms with van der Waals surface area (Å²) in [5.74, 6) is -5.44. The average Bonchev–Trinajstić information content (AvgIpc) is 3.03. The zero-order valence-corrected chi connectivity index (χ0v) is 16.2. The van der Waals surface area contributed by atoms with Crippen LogP contribution in [0.25, 0.3) is 0 Å². The van der Waals surface area contributed by atoms with Gasteiger partial charge in [-0.1, -0.05) is 24.3 Å². The van der Waals surface area contributed by atoms with Gasteiger partial charge in [0.1, 0.15) is 0 Å². The number of benzene rings is 1. The van der Waals surface area contributed by atoms with Crippen LogP contribution < -0.4 is 5.32 Å². The summed E-state index contributed by atoms with van der Waals surface area (Å²) in [6, 6.07) is 7.43. The van der Waals surface area contributed by atoms with Crippen LogP contribution in [0.3, 0.4) is 0 Å². The third kappa shape index (κ3) is 6.96. The number of rotatable bonds is 8. The van der Waals surface area contributed by atoms with Crippen LogP contribution in [0.5, 0.6) is 0 Å². The summed E-state index contributed by atoms with van der Waals surface area (Å²) in [6.45, 7) is 2.22. The van der Waals surface area contributed by atoms with Crippen molar-refractivity contribution in [2.24, 2.45) is 11.8 Å². The number of likely N-dealkylation sites (tertiary alicyclic amines) is 1. The Bertz CT molecular complexity index is 655. The second-order valence-corrected chi connectivity index (χ2v) is 6.52. The number of nitrogens with zero attached hydrogens (tertiary/aromatic N) is 1. The second-order valence-electron chi connectivity index (χ2n) is 6.52. The summed E-state index contributed by atoms with van der Waals surface area (Å²) in [6.07, 6.45) is -4.60. The van der Waals surface area contributed by atoms with Crippen molar-refractivity contribution < 1.29 is 32.6 Å². The number of amides is 1. The van der Waals surface area contributed by atoms with E-state index in [0.29, 0.717) is 13.2 Å². The lowest BCUT2D eigenvalue weighted by molar-refractivity contribution is -0.188. The fourth-order valence-corrected chi connectivity index (χ4v) is 3.03. The first kappa shape index (κ1) is 24.2. The first-order valence-electron chi connectivity index (χ1n) is 8.64. The van der Waals surface area contributed by atoms with Gasteiger partial charge in [0.2, 0.25) is 5.91 Å². The Kier molecular flexibility index (Phi) is 9.19. The van der Waals surface area contributed by atoms with Gasteiger partial charge in [-0.3, -0.25) is 14.5 Å². The van der Waals surface area contributed by atoms with Gasteiger partial charge in [-0.2, -0.15) is 13.2 Å². The third-order valence-electron chi connectivity index (χ3n) is 4.49. The molecule has 2 atom stereocenters. The summed E-state index contributed by atoms with van der Waals surface area (Å²) in [7, 11) is 0. The van der Waals surface area contributed by atoms with Crippen LogP contribution >= 0.6 is 12.4 Å². The minimum absolute atomic E-state index is 0. The molecule has 1 aromatic rings. The number of carboxylic acids is 1. The van der Waals surface area contributed by atoms with E-state index in [4.69, 9.17) is 9.84 Å². The molecule has 158 valence electrons. The lowest BCUT2D eigenvalue weighted by atomic mass is 9.96. The molecule has 0 unspecified atom stereocenters. The van der Waals surface area contributed by atoms with Gasteiger partial charge >= 0.3 is 12.1 Å². The Morgan fingerprint density at radius 1 is 1.21 bits per heavy atom. The Morgan fingerprint density at radius 2 is 1.82 bits per heavy atom. The minimum Gasteiger partial charge on any atom is -0.481 e. The van der Waals surface area contributed by atoms with Gasteiger partial charge in [-0.15, -0.1) is 12.4 Å². The van der Waals surface area contributed by atoms with Gasteiger partial charge in [0.05, 0.1) is 25.0 Å². The fraction of sp³-hybridized carbons (Fsp3) is 0.556. The Hall–Kier alpha value is -1.84. The van der Waals surface area contributed by atoms with Crippen LogP contribution in [-0.4, -0.2) is 54.3 Å². The van der Waals surface area contributed by atoms with Gasteiger partial charge < -0.3 is 15.2 Å². The molecule has 1 aliphatic rings. The molecule has 10 heteroatoms. The van der Waals surface area contributed by atoms with Crippen molar-refractivity contribution in [2.45, 2.75) is 26.3 Å². The Labute approximate surface area is 167 Å². The van der Waals surface area contributed by atoms with Crippen molar-refractivity contribution in [2.75, 3.05) is 26.2 Å². The molecule has 1 saturated heterocycles. The van der Waals surface area contributed by atoms with Gasteiger partial charge in [0, 0.05) is 26.2 Å². The number of halogens is 4. The van der Waals surface area contributed by atoms with E-state index < -0.39 is 36.4 Å². The molecule has 0 spiro atoms. The van der Waals surface area contributed by atoms with E-state index in [2.05, 4.69) is 5.32 Å². The maximum Gasteiger partial charge on any atom is 0.393 e.